The fourth-order valence-corrected chi connectivity index (χ4v) is 2.74. The summed E-state index contributed by atoms with van der Waals surface area (Å²) in [5, 5.41) is 6.48. The Morgan fingerprint density at radius 1 is 1.13 bits per heavy atom. The van der Waals surface area contributed by atoms with E-state index in [9.17, 15) is 0 Å². The van der Waals surface area contributed by atoms with Crippen LogP contribution in [0.1, 0.15) is 37.7 Å². The van der Waals surface area contributed by atoms with Gasteiger partial charge in [0.15, 0.2) is 5.96 Å². The number of guanidine groups is 1. The molecule has 2 rings (SSSR count). The van der Waals surface area contributed by atoms with Crippen molar-refractivity contribution in [3.63, 3.8) is 0 Å². The molecule has 0 aromatic heterocycles. The zero-order valence-corrected chi connectivity index (χ0v) is 14.3. The van der Waals surface area contributed by atoms with Gasteiger partial charge < -0.3 is 20.1 Å². The van der Waals surface area contributed by atoms with Crippen molar-refractivity contribution < 1.29 is 9.47 Å². The van der Waals surface area contributed by atoms with Crippen LogP contribution in [0.4, 0.5) is 0 Å². The van der Waals surface area contributed by atoms with Crippen LogP contribution in [0, 0.1) is 0 Å². The van der Waals surface area contributed by atoms with Gasteiger partial charge in [-0.05, 0) is 43.4 Å². The molecule has 0 spiro atoms. The van der Waals surface area contributed by atoms with Gasteiger partial charge in [0.25, 0.3) is 0 Å². The summed E-state index contributed by atoms with van der Waals surface area (Å²) in [7, 11) is 3.46. The van der Waals surface area contributed by atoms with Crippen LogP contribution in [-0.4, -0.2) is 39.4 Å². The van der Waals surface area contributed by atoms with Crippen molar-refractivity contribution in [2.45, 2.75) is 44.8 Å². The average molecular weight is 319 g/mol. The number of nitrogens with one attached hydrogen (secondary N) is 2. The number of aliphatic imine (C=N–C) groups is 1. The predicted molar refractivity (Wildman–Crippen MR) is 94.0 cm³/mol. The summed E-state index contributed by atoms with van der Waals surface area (Å²) < 4.78 is 11.1. The van der Waals surface area contributed by atoms with Gasteiger partial charge >= 0.3 is 0 Å². The lowest BCUT2D eigenvalue weighted by molar-refractivity contribution is 0.155. The van der Waals surface area contributed by atoms with E-state index in [0.29, 0.717) is 12.7 Å². The van der Waals surface area contributed by atoms with Crippen molar-refractivity contribution in [1.29, 1.82) is 0 Å². The summed E-state index contributed by atoms with van der Waals surface area (Å²) in [5.74, 6) is 1.76. The number of benzene rings is 1. The highest BCUT2D eigenvalue weighted by Gasteiger charge is 2.14. The molecule has 1 aromatic rings. The van der Waals surface area contributed by atoms with E-state index in [1.54, 1.807) is 14.2 Å². The fourth-order valence-electron chi connectivity index (χ4n) is 2.74. The number of ether oxygens (including phenoxy) is 2. The van der Waals surface area contributed by atoms with E-state index in [-0.39, 0.29) is 0 Å². The highest BCUT2D eigenvalue weighted by Crippen LogP contribution is 2.23. The van der Waals surface area contributed by atoms with Crippen molar-refractivity contribution in [3.05, 3.63) is 29.8 Å². The minimum Gasteiger partial charge on any atom is -0.490 e. The molecule has 1 aromatic carbocycles. The average Bonchev–Trinajstić information content (AvgIpc) is 2.60. The highest BCUT2D eigenvalue weighted by molar-refractivity contribution is 5.79. The lowest BCUT2D eigenvalue weighted by atomic mass is 9.98. The SMILES string of the molecule is CN=C(NCCOC)NCc1ccc(OC2CCCCC2)cc1. The predicted octanol–water partition coefficient (Wildman–Crippen LogP) is 2.71. The summed E-state index contributed by atoms with van der Waals surface area (Å²) >= 11 is 0. The Morgan fingerprint density at radius 3 is 2.52 bits per heavy atom. The summed E-state index contributed by atoms with van der Waals surface area (Å²) in [6.07, 6.45) is 6.71. The zero-order valence-electron chi connectivity index (χ0n) is 14.3. The second kappa shape index (κ2) is 10.1. The first-order chi connectivity index (χ1) is 11.3. The Bertz CT molecular complexity index is 468. The first-order valence-corrected chi connectivity index (χ1v) is 8.51. The number of rotatable bonds is 7. The molecule has 1 saturated carbocycles. The van der Waals surface area contributed by atoms with Crippen LogP contribution in [0.5, 0.6) is 5.75 Å². The van der Waals surface area contributed by atoms with Gasteiger partial charge in [-0.1, -0.05) is 18.6 Å². The molecule has 23 heavy (non-hydrogen) atoms. The van der Waals surface area contributed by atoms with Crippen molar-refractivity contribution >= 4 is 5.96 Å². The maximum absolute atomic E-state index is 6.05. The van der Waals surface area contributed by atoms with E-state index in [4.69, 9.17) is 9.47 Å². The van der Waals surface area contributed by atoms with Crippen LogP contribution in [0.25, 0.3) is 0 Å². The van der Waals surface area contributed by atoms with E-state index in [0.717, 1.165) is 24.8 Å². The molecule has 5 heteroatoms. The molecular weight excluding hydrogens is 290 g/mol. The topological polar surface area (TPSA) is 54.9 Å². The summed E-state index contributed by atoms with van der Waals surface area (Å²) in [6.45, 7) is 2.13. The molecule has 0 bridgehead atoms. The second-order valence-electron chi connectivity index (χ2n) is 5.87. The van der Waals surface area contributed by atoms with Crippen molar-refractivity contribution in [1.82, 2.24) is 10.6 Å². The molecule has 0 atom stereocenters. The number of hydrogen-bond acceptors (Lipinski definition) is 3. The Morgan fingerprint density at radius 2 is 1.87 bits per heavy atom. The van der Waals surface area contributed by atoms with Gasteiger partial charge in [0, 0.05) is 27.2 Å². The standard InChI is InChI=1S/C18H29N3O2/c1-19-18(20-12-13-22-2)21-14-15-8-10-17(11-9-15)23-16-6-4-3-5-7-16/h8-11,16H,3-7,12-14H2,1-2H3,(H2,19,20,21). The van der Waals surface area contributed by atoms with Gasteiger partial charge in [-0.25, -0.2) is 0 Å². The maximum atomic E-state index is 6.05. The van der Waals surface area contributed by atoms with E-state index >= 15 is 0 Å². The summed E-state index contributed by atoms with van der Waals surface area (Å²) in [4.78, 5) is 4.18. The first kappa shape index (κ1) is 17.6. The van der Waals surface area contributed by atoms with Gasteiger partial charge in [-0.2, -0.15) is 0 Å². The quantitative estimate of drug-likeness (QED) is 0.461. The van der Waals surface area contributed by atoms with Gasteiger partial charge in [0.1, 0.15) is 5.75 Å². The molecule has 0 radical (unpaired) electrons. The monoisotopic (exact) mass is 319 g/mol. The fraction of sp³-hybridized carbons (Fsp3) is 0.611. The minimum absolute atomic E-state index is 0.400. The normalized spacial score (nSPS) is 16.2. The molecule has 1 fully saturated rings. The van der Waals surface area contributed by atoms with Crippen LogP contribution < -0.4 is 15.4 Å². The molecule has 0 aliphatic heterocycles. The Hall–Kier alpha value is -1.75. The van der Waals surface area contributed by atoms with Crippen molar-refractivity contribution in [2.24, 2.45) is 4.99 Å². The smallest absolute Gasteiger partial charge is 0.191 e. The molecule has 0 saturated heterocycles. The van der Waals surface area contributed by atoms with Crippen molar-refractivity contribution in [2.75, 3.05) is 27.3 Å². The van der Waals surface area contributed by atoms with Crippen LogP contribution in [0.15, 0.2) is 29.3 Å². The van der Waals surface area contributed by atoms with Gasteiger partial charge in [0.05, 0.1) is 12.7 Å². The van der Waals surface area contributed by atoms with Crippen LogP contribution in [-0.2, 0) is 11.3 Å². The molecule has 2 N–H and O–H groups in total. The maximum Gasteiger partial charge on any atom is 0.191 e. The molecule has 0 unspecified atom stereocenters. The Balaban J connectivity index is 1.75. The van der Waals surface area contributed by atoms with Gasteiger partial charge in [-0.15, -0.1) is 0 Å². The second-order valence-corrected chi connectivity index (χ2v) is 5.87. The lowest BCUT2D eigenvalue weighted by Gasteiger charge is -2.23. The van der Waals surface area contributed by atoms with E-state index < -0.39 is 0 Å². The Kier molecular flexibility index (Phi) is 7.73. The number of hydrogen-bond donors (Lipinski definition) is 2. The van der Waals surface area contributed by atoms with E-state index in [1.807, 2.05) is 0 Å². The molecule has 1 aliphatic rings. The van der Waals surface area contributed by atoms with Crippen molar-refractivity contribution in [3.8, 4) is 5.75 Å². The number of methoxy groups -OCH3 is 1. The van der Waals surface area contributed by atoms with Gasteiger partial charge in [0.2, 0.25) is 0 Å². The largest absolute Gasteiger partial charge is 0.490 e. The minimum atomic E-state index is 0.400. The molecule has 128 valence electrons. The molecule has 0 heterocycles. The molecule has 0 amide bonds. The summed E-state index contributed by atoms with van der Waals surface area (Å²) in [5.41, 5.74) is 1.20. The third kappa shape index (κ3) is 6.48. The van der Waals surface area contributed by atoms with Crippen LogP contribution >= 0.6 is 0 Å². The molecule has 5 nitrogen and oxygen atoms in total. The third-order valence-electron chi connectivity index (χ3n) is 4.06. The van der Waals surface area contributed by atoms with Gasteiger partial charge in [-0.3, -0.25) is 4.99 Å². The lowest BCUT2D eigenvalue weighted by Crippen LogP contribution is -2.38. The first-order valence-electron chi connectivity index (χ1n) is 8.51. The molecule has 1 aliphatic carbocycles. The summed E-state index contributed by atoms with van der Waals surface area (Å²) in [6, 6.07) is 8.33. The number of nitrogens with zero attached hydrogens (tertiary/aromatic N) is 1. The van der Waals surface area contributed by atoms with Crippen LogP contribution in [0.2, 0.25) is 0 Å². The van der Waals surface area contributed by atoms with Crippen LogP contribution in [0.3, 0.4) is 0 Å². The third-order valence-corrected chi connectivity index (χ3v) is 4.06. The zero-order chi connectivity index (χ0) is 16.3. The Labute approximate surface area is 139 Å². The highest BCUT2D eigenvalue weighted by atomic mass is 16.5. The van der Waals surface area contributed by atoms with E-state index in [2.05, 4.69) is 39.9 Å². The van der Waals surface area contributed by atoms with E-state index in [1.165, 1.54) is 37.7 Å². The molecular formula is C18H29N3O2.